The molecule has 0 saturated heterocycles. The summed E-state index contributed by atoms with van der Waals surface area (Å²) in [7, 11) is 0. The zero-order valence-corrected chi connectivity index (χ0v) is 8.55. The number of ketones is 1. The molecule has 0 N–H and O–H groups in total. The minimum absolute atomic E-state index is 0.164. The van der Waals surface area contributed by atoms with E-state index >= 15 is 0 Å². The molecular weight excluding hydrogens is 217 g/mol. The van der Waals surface area contributed by atoms with Crippen LogP contribution in [0.5, 0.6) is 0 Å². The summed E-state index contributed by atoms with van der Waals surface area (Å²) in [6.45, 7) is 2.76. The van der Waals surface area contributed by atoms with Crippen LogP contribution in [0.1, 0.15) is 12.0 Å². The van der Waals surface area contributed by atoms with E-state index in [9.17, 15) is 18.0 Å². The maximum atomic E-state index is 12.1. The van der Waals surface area contributed by atoms with E-state index in [2.05, 4.69) is 6.58 Å². The molecule has 1 aromatic carbocycles. The van der Waals surface area contributed by atoms with Crippen LogP contribution in [0.25, 0.3) is 0 Å². The van der Waals surface area contributed by atoms with Gasteiger partial charge in [-0.2, -0.15) is 13.2 Å². The summed E-state index contributed by atoms with van der Waals surface area (Å²) in [5.74, 6) is -0.948. The molecule has 1 rings (SSSR count). The number of benzene rings is 1. The lowest BCUT2D eigenvalue weighted by molar-refractivity contribution is -0.128. The molecule has 0 unspecified atom stereocenters. The number of hydrogen-bond acceptors (Lipinski definition) is 1. The number of rotatable bonds is 4. The highest BCUT2D eigenvalue weighted by Crippen LogP contribution is 2.25. The molecule has 4 heteroatoms. The second kappa shape index (κ2) is 4.96. The van der Waals surface area contributed by atoms with Gasteiger partial charge in [-0.15, -0.1) is 0 Å². The Morgan fingerprint density at radius 2 is 1.75 bits per heavy atom. The van der Waals surface area contributed by atoms with Crippen LogP contribution in [0.15, 0.2) is 42.5 Å². The van der Waals surface area contributed by atoms with Crippen molar-refractivity contribution in [1.29, 1.82) is 0 Å². The van der Waals surface area contributed by atoms with Crippen molar-refractivity contribution in [1.82, 2.24) is 0 Å². The molecule has 0 spiro atoms. The number of carbonyl (C=O) groups is 1. The van der Waals surface area contributed by atoms with E-state index in [0.29, 0.717) is 6.42 Å². The second-order valence-electron chi connectivity index (χ2n) is 3.39. The van der Waals surface area contributed by atoms with Crippen molar-refractivity contribution in [3.05, 3.63) is 48.0 Å². The molecule has 0 radical (unpaired) electrons. The maximum Gasteiger partial charge on any atom is 0.419 e. The minimum Gasteiger partial charge on any atom is -0.294 e. The average molecular weight is 228 g/mol. The molecule has 0 atom stereocenters. The second-order valence-corrected chi connectivity index (χ2v) is 3.39. The largest absolute Gasteiger partial charge is 0.419 e. The molecule has 1 nitrogen and oxygen atoms in total. The lowest BCUT2D eigenvalue weighted by atomic mass is 10.0. The van der Waals surface area contributed by atoms with Crippen LogP contribution in [0, 0.1) is 0 Å². The normalized spacial score (nSPS) is 11.2. The van der Waals surface area contributed by atoms with Crippen molar-refractivity contribution in [3.63, 3.8) is 0 Å². The molecule has 0 aliphatic heterocycles. The van der Waals surface area contributed by atoms with Crippen molar-refractivity contribution in [2.45, 2.75) is 19.0 Å². The maximum absolute atomic E-state index is 12.1. The van der Waals surface area contributed by atoms with Gasteiger partial charge >= 0.3 is 6.18 Å². The lowest BCUT2D eigenvalue weighted by Gasteiger charge is -2.08. The Labute approximate surface area is 91.6 Å². The number of halogens is 3. The first kappa shape index (κ1) is 12.5. The highest BCUT2D eigenvalue weighted by molar-refractivity contribution is 5.96. The molecule has 0 aliphatic carbocycles. The Balaban J connectivity index is 2.51. The van der Waals surface area contributed by atoms with Gasteiger partial charge in [-0.1, -0.05) is 36.9 Å². The van der Waals surface area contributed by atoms with Gasteiger partial charge in [-0.3, -0.25) is 4.79 Å². The lowest BCUT2D eigenvalue weighted by Crippen LogP contribution is -2.19. The van der Waals surface area contributed by atoms with Gasteiger partial charge in [0.15, 0.2) is 5.78 Å². The van der Waals surface area contributed by atoms with Gasteiger partial charge < -0.3 is 0 Å². The van der Waals surface area contributed by atoms with Crippen LogP contribution in [0.4, 0.5) is 13.2 Å². The average Bonchev–Trinajstić information content (AvgIpc) is 2.25. The van der Waals surface area contributed by atoms with E-state index in [1.54, 1.807) is 30.3 Å². The standard InChI is InChI=1S/C12H11F3O/c1-9(12(13,14)15)11(16)8-7-10-5-3-2-4-6-10/h2-6H,1,7-8H2. The monoisotopic (exact) mass is 228 g/mol. The Morgan fingerprint density at radius 3 is 2.25 bits per heavy atom. The van der Waals surface area contributed by atoms with Crippen molar-refractivity contribution in [2.24, 2.45) is 0 Å². The van der Waals surface area contributed by atoms with Gasteiger partial charge in [0.1, 0.15) is 0 Å². The van der Waals surface area contributed by atoms with Gasteiger partial charge in [0.25, 0.3) is 0 Å². The number of allylic oxidation sites excluding steroid dienone is 1. The SMILES string of the molecule is C=C(C(=O)CCc1ccccc1)C(F)(F)F. The summed E-state index contributed by atoms with van der Waals surface area (Å²) in [6, 6.07) is 8.89. The minimum atomic E-state index is -4.62. The van der Waals surface area contributed by atoms with Crippen molar-refractivity contribution in [2.75, 3.05) is 0 Å². The Hall–Kier alpha value is -1.58. The van der Waals surface area contributed by atoms with E-state index in [1.165, 1.54) is 0 Å². The summed E-state index contributed by atoms with van der Waals surface area (Å²) in [4.78, 5) is 11.1. The fourth-order valence-electron chi connectivity index (χ4n) is 1.21. The molecule has 0 aliphatic rings. The van der Waals surface area contributed by atoms with Crippen LogP contribution in [0.3, 0.4) is 0 Å². The fraction of sp³-hybridized carbons (Fsp3) is 0.250. The molecule has 1 aromatic rings. The molecule has 0 heterocycles. The molecule has 0 bridgehead atoms. The van der Waals surface area contributed by atoms with Gasteiger partial charge in [0.2, 0.25) is 0 Å². The predicted octanol–water partition coefficient (Wildman–Crippen LogP) is 3.31. The Bertz CT molecular complexity index is 379. The number of aryl methyl sites for hydroxylation is 1. The zero-order chi connectivity index (χ0) is 12.2. The van der Waals surface area contributed by atoms with E-state index < -0.39 is 17.5 Å². The van der Waals surface area contributed by atoms with Crippen molar-refractivity contribution in [3.8, 4) is 0 Å². The molecule has 86 valence electrons. The smallest absolute Gasteiger partial charge is 0.294 e. The summed E-state index contributed by atoms with van der Waals surface area (Å²) in [6.07, 6.45) is -4.48. The predicted molar refractivity (Wildman–Crippen MR) is 55.0 cm³/mol. The first-order valence-corrected chi connectivity index (χ1v) is 4.74. The zero-order valence-electron chi connectivity index (χ0n) is 8.55. The van der Waals surface area contributed by atoms with Crippen LogP contribution >= 0.6 is 0 Å². The Kier molecular flexibility index (Phi) is 3.88. The molecule has 0 fully saturated rings. The summed E-state index contributed by atoms with van der Waals surface area (Å²) >= 11 is 0. The quantitative estimate of drug-likeness (QED) is 0.722. The van der Waals surface area contributed by atoms with Gasteiger partial charge in [-0.05, 0) is 12.0 Å². The summed E-state index contributed by atoms with van der Waals surface area (Å²) in [5, 5.41) is 0. The van der Waals surface area contributed by atoms with Crippen molar-refractivity contribution < 1.29 is 18.0 Å². The topological polar surface area (TPSA) is 17.1 Å². The van der Waals surface area contributed by atoms with Crippen molar-refractivity contribution >= 4 is 5.78 Å². The molecule has 0 saturated carbocycles. The summed E-state index contributed by atoms with van der Waals surface area (Å²) < 4.78 is 36.3. The highest BCUT2D eigenvalue weighted by Gasteiger charge is 2.35. The van der Waals surface area contributed by atoms with E-state index in [1.807, 2.05) is 0 Å². The van der Waals surface area contributed by atoms with E-state index in [-0.39, 0.29) is 6.42 Å². The Morgan fingerprint density at radius 1 is 1.19 bits per heavy atom. The molecular formula is C12H11F3O. The van der Waals surface area contributed by atoms with Gasteiger partial charge in [0.05, 0.1) is 5.57 Å². The van der Waals surface area contributed by atoms with Crippen LogP contribution in [-0.4, -0.2) is 12.0 Å². The number of hydrogen-bond donors (Lipinski definition) is 0. The number of carbonyl (C=O) groups excluding carboxylic acids is 1. The fourth-order valence-corrected chi connectivity index (χ4v) is 1.21. The first-order valence-electron chi connectivity index (χ1n) is 4.74. The summed E-state index contributed by atoms with van der Waals surface area (Å²) in [5.41, 5.74) is -0.436. The van der Waals surface area contributed by atoms with E-state index in [0.717, 1.165) is 5.56 Å². The third-order valence-corrected chi connectivity index (χ3v) is 2.16. The molecule has 16 heavy (non-hydrogen) atoms. The molecule has 0 amide bonds. The highest BCUT2D eigenvalue weighted by atomic mass is 19.4. The van der Waals surface area contributed by atoms with Crippen LogP contribution in [0.2, 0.25) is 0 Å². The van der Waals surface area contributed by atoms with Crippen LogP contribution < -0.4 is 0 Å². The third-order valence-electron chi connectivity index (χ3n) is 2.16. The number of alkyl halides is 3. The van der Waals surface area contributed by atoms with E-state index in [4.69, 9.17) is 0 Å². The third kappa shape index (κ3) is 3.53. The first-order chi connectivity index (χ1) is 7.41. The van der Waals surface area contributed by atoms with Crippen LogP contribution in [-0.2, 0) is 11.2 Å². The number of Topliss-reactive ketones (excluding diaryl/α,β-unsaturated/α-hetero) is 1. The molecule has 0 aromatic heterocycles. The van der Waals surface area contributed by atoms with Gasteiger partial charge in [-0.25, -0.2) is 0 Å². The van der Waals surface area contributed by atoms with Gasteiger partial charge in [0, 0.05) is 6.42 Å².